The molecule has 2 rings (SSSR count). The second kappa shape index (κ2) is 9.89. The van der Waals surface area contributed by atoms with Crippen LogP contribution in [0, 0.1) is 0 Å². The van der Waals surface area contributed by atoms with Crippen molar-refractivity contribution in [3.05, 3.63) is 52.5 Å². The van der Waals surface area contributed by atoms with E-state index < -0.39 is 11.9 Å². The molecule has 0 saturated heterocycles. The summed E-state index contributed by atoms with van der Waals surface area (Å²) in [6.07, 6.45) is 0.854. The molecule has 0 atom stereocenters. The Hall–Kier alpha value is -2.44. The van der Waals surface area contributed by atoms with Gasteiger partial charge < -0.3 is 20.7 Å². The summed E-state index contributed by atoms with van der Waals surface area (Å²) in [7, 11) is 0. The molecule has 138 valence electrons. The van der Waals surface area contributed by atoms with Gasteiger partial charge in [-0.25, -0.2) is 4.79 Å². The van der Waals surface area contributed by atoms with E-state index in [2.05, 4.69) is 16.0 Å². The fourth-order valence-electron chi connectivity index (χ4n) is 2.02. The van der Waals surface area contributed by atoms with E-state index in [1.54, 1.807) is 30.3 Å². The lowest BCUT2D eigenvalue weighted by Gasteiger charge is -2.13. The van der Waals surface area contributed by atoms with Gasteiger partial charge in [-0.15, -0.1) is 0 Å². The molecule has 8 heteroatoms. The predicted octanol–water partition coefficient (Wildman–Crippen LogP) is 4.54. The molecule has 6 nitrogen and oxygen atoms in total. The summed E-state index contributed by atoms with van der Waals surface area (Å²) < 4.78 is 5.57. The standard InChI is InChI=1S/C18H19Cl2N3O3/c1-2-9-26-16-6-4-3-5-14(16)23-18(25)21-11-17(24)22-15-10-12(19)7-8-13(15)20/h3-8,10H,2,9,11H2,1H3,(H,22,24)(H2,21,23,25). The van der Waals surface area contributed by atoms with Gasteiger partial charge in [0.1, 0.15) is 5.75 Å². The molecule has 0 aliphatic rings. The van der Waals surface area contributed by atoms with Gasteiger partial charge in [0.25, 0.3) is 0 Å². The molecule has 3 N–H and O–H groups in total. The molecule has 0 radical (unpaired) electrons. The Balaban J connectivity index is 1.87. The van der Waals surface area contributed by atoms with E-state index in [1.807, 2.05) is 13.0 Å². The first-order valence-electron chi connectivity index (χ1n) is 8.01. The van der Waals surface area contributed by atoms with Gasteiger partial charge in [0.2, 0.25) is 5.91 Å². The van der Waals surface area contributed by atoms with Crippen LogP contribution in [-0.2, 0) is 4.79 Å². The summed E-state index contributed by atoms with van der Waals surface area (Å²) in [4.78, 5) is 24.0. The fraction of sp³-hybridized carbons (Fsp3) is 0.222. The van der Waals surface area contributed by atoms with Crippen molar-refractivity contribution in [1.29, 1.82) is 0 Å². The van der Waals surface area contributed by atoms with E-state index in [1.165, 1.54) is 6.07 Å². The third kappa shape index (κ3) is 6.13. The Kier molecular flexibility index (Phi) is 7.56. The SMILES string of the molecule is CCCOc1ccccc1NC(=O)NCC(=O)Nc1cc(Cl)ccc1Cl. The molecule has 2 aromatic carbocycles. The van der Waals surface area contributed by atoms with Crippen LogP contribution in [0.5, 0.6) is 5.75 Å². The number of nitrogens with one attached hydrogen (secondary N) is 3. The van der Waals surface area contributed by atoms with Gasteiger partial charge >= 0.3 is 6.03 Å². The van der Waals surface area contributed by atoms with Gasteiger partial charge in [0, 0.05) is 5.02 Å². The Morgan fingerprint density at radius 2 is 1.81 bits per heavy atom. The van der Waals surface area contributed by atoms with Crippen LogP contribution in [0.1, 0.15) is 13.3 Å². The number of hydrogen-bond acceptors (Lipinski definition) is 3. The zero-order chi connectivity index (χ0) is 18.9. The summed E-state index contributed by atoms with van der Waals surface area (Å²) >= 11 is 11.8. The Labute approximate surface area is 161 Å². The van der Waals surface area contributed by atoms with Gasteiger partial charge in [0.15, 0.2) is 0 Å². The van der Waals surface area contributed by atoms with Crippen LogP contribution in [0.3, 0.4) is 0 Å². The van der Waals surface area contributed by atoms with Crippen molar-refractivity contribution in [2.45, 2.75) is 13.3 Å². The fourth-order valence-corrected chi connectivity index (χ4v) is 2.36. The minimum absolute atomic E-state index is 0.230. The summed E-state index contributed by atoms with van der Waals surface area (Å²) in [5.41, 5.74) is 0.904. The highest BCUT2D eigenvalue weighted by Gasteiger charge is 2.10. The van der Waals surface area contributed by atoms with Crippen molar-refractivity contribution in [1.82, 2.24) is 5.32 Å². The van der Waals surface area contributed by atoms with Crippen molar-refractivity contribution in [3.63, 3.8) is 0 Å². The molecule has 0 saturated carbocycles. The molecule has 0 aliphatic heterocycles. The summed E-state index contributed by atoms with van der Waals surface area (Å²) in [5, 5.41) is 8.52. The van der Waals surface area contributed by atoms with E-state index in [9.17, 15) is 9.59 Å². The first-order chi connectivity index (χ1) is 12.5. The Bertz CT molecular complexity index is 784. The maximum absolute atomic E-state index is 12.0. The molecular formula is C18H19Cl2N3O3. The third-order valence-corrected chi connectivity index (χ3v) is 3.77. The first kappa shape index (κ1) is 19.9. The lowest BCUT2D eigenvalue weighted by Crippen LogP contribution is -2.35. The molecule has 2 aromatic rings. The minimum atomic E-state index is -0.523. The molecule has 0 bridgehead atoms. The second-order valence-corrected chi connectivity index (χ2v) is 6.17. The Morgan fingerprint density at radius 1 is 1.04 bits per heavy atom. The summed E-state index contributed by atoms with van der Waals surface area (Å²) in [6, 6.07) is 11.3. The molecule has 0 aromatic heterocycles. The lowest BCUT2D eigenvalue weighted by atomic mass is 10.3. The van der Waals surface area contributed by atoms with Crippen LogP contribution in [0.15, 0.2) is 42.5 Å². The monoisotopic (exact) mass is 395 g/mol. The van der Waals surface area contributed by atoms with Crippen molar-refractivity contribution < 1.29 is 14.3 Å². The minimum Gasteiger partial charge on any atom is -0.491 e. The van der Waals surface area contributed by atoms with Gasteiger partial charge in [0.05, 0.1) is 29.5 Å². The number of halogens is 2. The average Bonchev–Trinajstić information content (AvgIpc) is 2.62. The van der Waals surface area contributed by atoms with E-state index in [4.69, 9.17) is 27.9 Å². The van der Waals surface area contributed by atoms with Gasteiger partial charge in [-0.2, -0.15) is 0 Å². The molecule has 0 heterocycles. The smallest absolute Gasteiger partial charge is 0.319 e. The number of amides is 3. The van der Waals surface area contributed by atoms with Crippen LogP contribution in [0.4, 0.5) is 16.2 Å². The van der Waals surface area contributed by atoms with Crippen LogP contribution in [-0.4, -0.2) is 25.1 Å². The van der Waals surface area contributed by atoms with Crippen LogP contribution >= 0.6 is 23.2 Å². The van der Waals surface area contributed by atoms with Crippen molar-refractivity contribution in [2.24, 2.45) is 0 Å². The molecule has 0 aliphatic carbocycles. The number of benzene rings is 2. The van der Waals surface area contributed by atoms with Crippen LogP contribution in [0.25, 0.3) is 0 Å². The van der Waals surface area contributed by atoms with E-state index in [0.717, 1.165) is 6.42 Å². The number of para-hydroxylation sites is 2. The van der Waals surface area contributed by atoms with Gasteiger partial charge in [-0.1, -0.05) is 42.3 Å². The number of carbonyl (C=O) groups excluding carboxylic acids is 2. The number of ether oxygens (including phenoxy) is 1. The normalized spacial score (nSPS) is 10.1. The quantitative estimate of drug-likeness (QED) is 0.643. The largest absolute Gasteiger partial charge is 0.491 e. The van der Waals surface area contributed by atoms with Gasteiger partial charge in [-0.3, -0.25) is 4.79 Å². The predicted molar refractivity (Wildman–Crippen MR) is 104 cm³/mol. The topological polar surface area (TPSA) is 79.5 Å². The van der Waals surface area contributed by atoms with E-state index in [0.29, 0.717) is 33.8 Å². The highest BCUT2D eigenvalue weighted by Crippen LogP contribution is 2.25. The van der Waals surface area contributed by atoms with Crippen molar-refractivity contribution >= 4 is 46.5 Å². The van der Waals surface area contributed by atoms with Crippen molar-refractivity contribution in [2.75, 3.05) is 23.8 Å². The summed E-state index contributed by atoms with van der Waals surface area (Å²) in [6.45, 7) is 2.31. The van der Waals surface area contributed by atoms with Crippen LogP contribution < -0.4 is 20.7 Å². The number of anilines is 2. The maximum atomic E-state index is 12.0. The highest BCUT2D eigenvalue weighted by molar-refractivity contribution is 6.35. The third-order valence-electron chi connectivity index (χ3n) is 3.21. The second-order valence-electron chi connectivity index (χ2n) is 5.32. The highest BCUT2D eigenvalue weighted by atomic mass is 35.5. The molecule has 26 heavy (non-hydrogen) atoms. The van der Waals surface area contributed by atoms with Crippen molar-refractivity contribution in [3.8, 4) is 5.75 Å². The number of rotatable bonds is 7. The maximum Gasteiger partial charge on any atom is 0.319 e. The molecule has 0 unspecified atom stereocenters. The average molecular weight is 396 g/mol. The van der Waals surface area contributed by atoms with Crippen LogP contribution in [0.2, 0.25) is 10.0 Å². The summed E-state index contributed by atoms with van der Waals surface area (Å²) in [5.74, 6) is 0.138. The van der Waals surface area contributed by atoms with E-state index >= 15 is 0 Å². The molecular weight excluding hydrogens is 377 g/mol. The lowest BCUT2D eigenvalue weighted by molar-refractivity contribution is -0.115. The molecule has 0 spiro atoms. The molecule has 3 amide bonds. The number of carbonyl (C=O) groups is 2. The number of urea groups is 1. The Morgan fingerprint density at radius 3 is 2.58 bits per heavy atom. The van der Waals surface area contributed by atoms with E-state index in [-0.39, 0.29) is 6.54 Å². The molecule has 0 fully saturated rings. The number of hydrogen-bond donors (Lipinski definition) is 3. The van der Waals surface area contributed by atoms with Gasteiger partial charge in [-0.05, 0) is 36.8 Å². The zero-order valence-electron chi connectivity index (χ0n) is 14.1. The zero-order valence-corrected chi connectivity index (χ0v) is 15.7. The first-order valence-corrected chi connectivity index (χ1v) is 8.76.